The molecule has 0 radical (unpaired) electrons. The normalized spacial score (nSPS) is 16.1. The molecule has 3 rings (SSSR count). The van der Waals surface area contributed by atoms with Gasteiger partial charge in [0.2, 0.25) is 11.8 Å². The van der Waals surface area contributed by atoms with Gasteiger partial charge in [0.1, 0.15) is 0 Å². The zero-order valence-corrected chi connectivity index (χ0v) is 20.6. The summed E-state index contributed by atoms with van der Waals surface area (Å²) < 4.78 is 0. The predicted octanol–water partition coefficient (Wildman–Crippen LogP) is 1.76. The molecule has 1 N–H and O–H groups in total. The van der Waals surface area contributed by atoms with E-state index in [1.165, 1.54) is 0 Å². The van der Waals surface area contributed by atoms with Gasteiger partial charge in [-0.3, -0.25) is 19.3 Å². The lowest BCUT2D eigenvalue weighted by molar-refractivity contribution is -0.135. The number of nitrogens with zero attached hydrogens (tertiary/aromatic N) is 4. The number of nitriles is 2. The highest BCUT2D eigenvalue weighted by atomic mass is 16.2. The van der Waals surface area contributed by atoms with E-state index in [1.54, 1.807) is 59.3 Å². The van der Waals surface area contributed by atoms with Gasteiger partial charge in [0, 0.05) is 24.6 Å². The zero-order valence-electron chi connectivity index (χ0n) is 20.6. The van der Waals surface area contributed by atoms with Gasteiger partial charge in [-0.25, -0.2) is 0 Å². The monoisotopic (exact) mass is 493 g/mol. The van der Waals surface area contributed by atoms with Crippen LogP contribution in [0.2, 0.25) is 0 Å². The molecule has 8 heteroatoms. The zero-order chi connectivity index (χ0) is 26.8. The Labute approximate surface area is 216 Å². The van der Waals surface area contributed by atoms with Crippen LogP contribution in [0.25, 0.3) is 6.08 Å². The van der Waals surface area contributed by atoms with Crippen molar-refractivity contribution in [2.75, 3.05) is 39.8 Å². The first kappa shape index (κ1) is 26.9. The summed E-state index contributed by atoms with van der Waals surface area (Å²) in [5.74, 6) is 1.31. The number of amides is 2. The molecular formula is C29H27N5O3. The van der Waals surface area contributed by atoms with Crippen LogP contribution in [0, 0.1) is 40.9 Å². The number of piperidine rings is 1. The van der Waals surface area contributed by atoms with Crippen molar-refractivity contribution >= 4 is 23.7 Å². The summed E-state index contributed by atoms with van der Waals surface area (Å²) >= 11 is 0. The fourth-order valence-corrected chi connectivity index (χ4v) is 4.08. The minimum absolute atomic E-state index is 0.0577. The van der Waals surface area contributed by atoms with Crippen LogP contribution in [-0.4, -0.2) is 67.2 Å². The van der Waals surface area contributed by atoms with Crippen molar-refractivity contribution in [1.82, 2.24) is 15.1 Å². The third-order valence-electron chi connectivity index (χ3n) is 6.00. The molecule has 37 heavy (non-hydrogen) atoms. The summed E-state index contributed by atoms with van der Waals surface area (Å²) in [4.78, 5) is 41.9. The average Bonchev–Trinajstić information content (AvgIpc) is 2.90. The molecule has 1 atom stereocenters. The van der Waals surface area contributed by atoms with Gasteiger partial charge < -0.3 is 10.2 Å². The Bertz CT molecular complexity index is 1310. The summed E-state index contributed by atoms with van der Waals surface area (Å²) in [7, 11) is 1.71. The molecule has 0 spiro atoms. The maximum atomic E-state index is 13.4. The number of nitrogens with one attached hydrogen (secondary N) is 1. The first-order chi connectivity index (χ1) is 17.8. The first-order valence-corrected chi connectivity index (χ1v) is 11.7. The fraction of sp³-hybridized carbons (Fsp3) is 0.276. The van der Waals surface area contributed by atoms with Crippen molar-refractivity contribution in [2.24, 2.45) is 5.92 Å². The minimum atomic E-state index is -0.479. The summed E-state index contributed by atoms with van der Waals surface area (Å²) in [5.41, 5.74) is 3.15. The Balaban J connectivity index is 1.78. The van der Waals surface area contributed by atoms with Crippen molar-refractivity contribution in [2.45, 2.75) is 6.42 Å². The van der Waals surface area contributed by atoms with E-state index in [4.69, 9.17) is 16.9 Å². The number of ketones is 1. The second kappa shape index (κ2) is 12.8. The number of terminal acetylenes is 1. The van der Waals surface area contributed by atoms with Gasteiger partial charge in [0.15, 0.2) is 5.78 Å². The number of Topliss-reactive ketones (excluding diaryl/α,β-unsaturated/α-hetero) is 1. The number of likely N-dealkylation sites (N-methyl/N-ethyl adjacent to an activating group) is 1. The second-order valence-electron chi connectivity index (χ2n) is 8.90. The van der Waals surface area contributed by atoms with E-state index in [2.05, 4.69) is 23.4 Å². The molecule has 1 heterocycles. The maximum absolute atomic E-state index is 13.4. The summed E-state index contributed by atoms with van der Waals surface area (Å²) in [6, 6.07) is 18.0. The highest BCUT2D eigenvalue weighted by molar-refractivity contribution is 6.03. The van der Waals surface area contributed by atoms with Gasteiger partial charge in [-0.05, 0) is 54.9 Å². The Morgan fingerprint density at radius 3 is 2.32 bits per heavy atom. The third-order valence-corrected chi connectivity index (χ3v) is 6.00. The van der Waals surface area contributed by atoms with Crippen LogP contribution in [0.3, 0.4) is 0 Å². The SMILES string of the molecule is C#CCN(C)CC(=O)NCC(=O)N1C/C(=C\c2ccc(C#N)cc2)C(=O)C(Cc2ccc(C#N)cc2)C1. The van der Waals surface area contributed by atoms with Crippen LogP contribution < -0.4 is 5.32 Å². The van der Waals surface area contributed by atoms with E-state index in [-0.39, 0.29) is 43.8 Å². The van der Waals surface area contributed by atoms with Crippen LogP contribution in [0.4, 0.5) is 0 Å². The van der Waals surface area contributed by atoms with Crippen molar-refractivity contribution in [3.63, 3.8) is 0 Å². The van der Waals surface area contributed by atoms with Gasteiger partial charge in [-0.2, -0.15) is 10.5 Å². The van der Waals surface area contributed by atoms with Crippen LogP contribution in [0.1, 0.15) is 22.3 Å². The van der Waals surface area contributed by atoms with Gasteiger partial charge in [-0.15, -0.1) is 6.42 Å². The smallest absolute Gasteiger partial charge is 0.242 e. The summed E-state index contributed by atoms with van der Waals surface area (Å²) in [5, 5.41) is 20.7. The summed E-state index contributed by atoms with van der Waals surface area (Å²) in [6.07, 6.45) is 7.40. The lowest BCUT2D eigenvalue weighted by Gasteiger charge is -2.34. The fourth-order valence-electron chi connectivity index (χ4n) is 4.08. The van der Waals surface area contributed by atoms with E-state index in [0.29, 0.717) is 29.7 Å². The van der Waals surface area contributed by atoms with Gasteiger partial charge >= 0.3 is 0 Å². The number of hydrogen-bond acceptors (Lipinski definition) is 6. The molecule has 0 aromatic heterocycles. The van der Waals surface area contributed by atoms with Crippen molar-refractivity contribution in [1.29, 1.82) is 10.5 Å². The molecular weight excluding hydrogens is 466 g/mol. The quantitative estimate of drug-likeness (QED) is 0.442. The number of benzene rings is 2. The molecule has 0 saturated carbocycles. The van der Waals surface area contributed by atoms with Crippen LogP contribution in [0.5, 0.6) is 0 Å². The summed E-state index contributed by atoms with van der Waals surface area (Å²) in [6.45, 7) is 0.533. The molecule has 2 aromatic carbocycles. The highest BCUT2D eigenvalue weighted by Crippen LogP contribution is 2.24. The number of hydrogen-bond donors (Lipinski definition) is 1. The largest absolute Gasteiger partial charge is 0.346 e. The van der Waals surface area contributed by atoms with E-state index in [0.717, 1.165) is 11.1 Å². The molecule has 0 aliphatic carbocycles. The Hall–Kier alpha value is -4.71. The van der Waals surface area contributed by atoms with Crippen molar-refractivity contribution in [3.05, 3.63) is 76.4 Å². The van der Waals surface area contributed by atoms with Crippen LogP contribution in [-0.2, 0) is 20.8 Å². The van der Waals surface area contributed by atoms with Crippen molar-refractivity contribution < 1.29 is 14.4 Å². The standard InChI is InChI=1S/C29H27N5O3/c1-3-12-33(2)20-27(35)32-17-28(36)34-18-25(13-21-4-8-23(15-30)9-5-21)29(37)26(19-34)14-22-6-10-24(16-31)11-7-22/h1,4-11,13,26H,12,14,17-20H2,2H3,(H,32,35)/b25-13+. The van der Waals surface area contributed by atoms with Gasteiger partial charge in [0.05, 0.1) is 42.9 Å². The Morgan fingerprint density at radius 1 is 1.11 bits per heavy atom. The van der Waals surface area contributed by atoms with E-state index in [9.17, 15) is 14.4 Å². The molecule has 186 valence electrons. The molecule has 1 aliphatic rings. The predicted molar refractivity (Wildman–Crippen MR) is 138 cm³/mol. The third kappa shape index (κ3) is 7.64. The Kier molecular flexibility index (Phi) is 9.33. The van der Waals surface area contributed by atoms with Crippen LogP contribution >= 0.6 is 0 Å². The van der Waals surface area contributed by atoms with Gasteiger partial charge in [-0.1, -0.05) is 30.2 Å². The van der Waals surface area contributed by atoms with E-state index < -0.39 is 5.92 Å². The lowest BCUT2D eigenvalue weighted by atomic mass is 9.86. The Morgan fingerprint density at radius 2 is 1.73 bits per heavy atom. The first-order valence-electron chi connectivity index (χ1n) is 11.7. The minimum Gasteiger partial charge on any atom is -0.346 e. The number of carbonyl (C=O) groups excluding carboxylic acids is 3. The van der Waals surface area contributed by atoms with Gasteiger partial charge in [0.25, 0.3) is 0 Å². The topological polar surface area (TPSA) is 117 Å². The lowest BCUT2D eigenvalue weighted by Crippen LogP contribution is -2.50. The van der Waals surface area contributed by atoms with Crippen LogP contribution in [0.15, 0.2) is 54.1 Å². The number of likely N-dealkylation sites (tertiary alicyclic amines) is 1. The molecule has 1 fully saturated rings. The molecule has 1 unspecified atom stereocenters. The maximum Gasteiger partial charge on any atom is 0.242 e. The van der Waals surface area contributed by atoms with E-state index in [1.807, 2.05) is 12.1 Å². The highest BCUT2D eigenvalue weighted by Gasteiger charge is 2.33. The molecule has 8 nitrogen and oxygen atoms in total. The molecule has 1 saturated heterocycles. The average molecular weight is 494 g/mol. The molecule has 2 aromatic rings. The number of rotatable bonds is 8. The number of carbonyl (C=O) groups is 3. The molecule has 2 amide bonds. The second-order valence-corrected chi connectivity index (χ2v) is 8.90. The molecule has 0 bridgehead atoms. The van der Waals surface area contributed by atoms with Crippen molar-refractivity contribution in [3.8, 4) is 24.5 Å². The molecule has 1 aliphatic heterocycles. The van der Waals surface area contributed by atoms with E-state index >= 15 is 0 Å².